The van der Waals surface area contributed by atoms with Crippen LogP contribution in [0.25, 0.3) is 0 Å². The van der Waals surface area contributed by atoms with Crippen LogP contribution >= 0.6 is 0 Å². The van der Waals surface area contributed by atoms with Crippen LogP contribution in [0.2, 0.25) is 0 Å². The highest BCUT2D eigenvalue weighted by atomic mass is 16.3. The molecule has 0 radical (unpaired) electrons. The highest BCUT2D eigenvalue weighted by Gasteiger charge is 2.25. The molecule has 98 valence electrons. The Bertz CT molecular complexity index is 455. The largest absolute Gasteiger partial charge is 0.508 e. The average molecular weight is 250 g/mol. The first-order valence-electron chi connectivity index (χ1n) is 5.66. The summed E-state index contributed by atoms with van der Waals surface area (Å²) in [5.74, 6) is -0.548. The summed E-state index contributed by atoms with van der Waals surface area (Å²) in [5, 5.41) is 11.9. The number of primary amides is 1. The fraction of sp³-hybridized carbons (Fsp3) is 0.385. The molecule has 0 saturated carbocycles. The molecule has 18 heavy (non-hydrogen) atoms. The average Bonchev–Trinajstić information content (AvgIpc) is 2.26. The number of amides is 2. The minimum absolute atomic E-state index is 0.123. The molecule has 5 heteroatoms. The fourth-order valence-corrected chi connectivity index (χ4v) is 1.32. The van der Waals surface area contributed by atoms with Gasteiger partial charge in [-0.25, -0.2) is 0 Å². The van der Waals surface area contributed by atoms with E-state index >= 15 is 0 Å². The molecule has 0 bridgehead atoms. The van der Waals surface area contributed by atoms with Gasteiger partial charge in [-0.2, -0.15) is 0 Å². The van der Waals surface area contributed by atoms with E-state index in [1.54, 1.807) is 26.0 Å². The van der Waals surface area contributed by atoms with Crippen molar-refractivity contribution in [2.45, 2.75) is 20.3 Å². The van der Waals surface area contributed by atoms with Crippen LogP contribution in [0.5, 0.6) is 5.75 Å². The number of hydrogen-bond donors (Lipinski definition) is 3. The second-order valence-corrected chi connectivity index (χ2v) is 4.87. The van der Waals surface area contributed by atoms with Gasteiger partial charge in [0.05, 0.1) is 11.8 Å². The molecule has 0 unspecified atom stereocenters. The Morgan fingerprint density at radius 1 is 1.39 bits per heavy atom. The van der Waals surface area contributed by atoms with E-state index < -0.39 is 11.3 Å². The number of phenolic OH excluding ortho intramolecular Hbond substituents is 1. The number of phenols is 1. The maximum Gasteiger partial charge on any atom is 0.224 e. The van der Waals surface area contributed by atoms with Crippen molar-refractivity contribution in [3.05, 3.63) is 29.8 Å². The zero-order chi connectivity index (χ0) is 13.8. The number of carbonyl (C=O) groups excluding carboxylic acids is 2. The van der Waals surface area contributed by atoms with Gasteiger partial charge in [0.15, 0.2) is 0 Å². The highest BCUT2D eigenvalue weighted by Crippen LogP contribution is 2.13. The van der Waals surface area contributed by atoms with Gasteiger partial charge in [0.2, 0.25) is 11.8 Å². The van der Waals surface area contributed by atoms with E-state index in [1.165, 1.54) is 12.1 Å². The number of nitrogens with one attached hydrogen (secondary N) is 1. The smallest absolute Gasteiger partial charge is 0.224 e. The predicted octanol–water partition coefficient (Wildman–Crippen LogP) is 0.562. The Morgan fingerprint density at radius 2 is 2.06 bits per heavy atom. The van der Waals surface area contributed by atoms with E-state index in [0.29, 0.717) is 5.56 Å². The van der Waals surface area contributed by atoms with Gasteiger partial charge in [-0.05, 0) is 31.5 Å². The summed E-state index contributed by atoms with van der Waals surface area (Å²) < 4.78 is 0. The third-order valence-corrected chi connectivity index (χ3v) is 2.67. The number of rotatable bonds is 5. The van der Waals surface area contributed by atoms with Crippen molar-refractivity contribution >= 4 is 11.8 Å². The van der Waals surface area contributed by atoms with Crippen LogP contribution < -0.4 is 11.1 Å². The van der Waals surface area contributed by atoms with E-state index in [2.05, 4.69) is 5.32 Å². The molecule has 0 aliphatic heterocycles. The standard InChI is InChI=1S/C13H18N2O3/c1-13(2,12(14)18)8-15-11(17)7-9-4-3-5-10(16)6-9/h3-6,16H,7-8H2,1-2H3,(H2,14,18)(H,15,17). The first-order valence-corrected chi connectivity index (χ1v) is 5.66. The van der Waals surface area contributed by atoms with Gasteiger partial charge in [0.1, 0.15) is 5.75 Å². The number of aromatic hydroxyl groups is 1. The Balaban J connectivity index is 2.50. The van der Waals surface area contributed by atoms with Gasteiger partial charge in [0.25, 0.3) is 0 Å². The van der Waals surface area contributed by atoms with E-state index in [9.17, 15) is 14.7 Å². The lowest BCUT2D eigenvalue weighted by molar-refractivity contribution is -0.126. The van der Waals surface area contributed by atoms with Crippen molar-refractivity contribution in [2.75, 3.05) is 6.54 Å². The maximum absolute atomic E-state index is 11.6. The number of nitrogens with two attached hydrogens (primary N) is 1. The lowest BCUT2D eigenvalue weighted by Crippen LogP contribution is -2.42. The Kier molecular flexibility index (Phi) is 4.31. The van der Waals surface area contributed by atoms with E-state index in [-0.39, 0.29) is 24.6 Å². The number of hydrogen-bond acceptors (Lipinski definition) is 3. The minimum atomic E-state index is -0.769. The molecule has 1 rings (SSSR count). The van der Waals surface area contributed by atoms with E-state index in [1.807, 2.05) is 0 Å². The zero-order valence-electron chi connectivity index (χ0n) is 10.6. The molecule has 0 atom stereocenters. The lowest BCUT2D eigenvalue weighted by atomic mass is 9.92. The Labute approximate surface area is 106 Å². The van der Waals surface area contributed by atoms with E-state index in [0.717, 1.165) is 0 Å². The van der Waals surface area contributed by atoms with Crippen molar-refractivity contribution in [3.63, 3.8) is 0 Å². The first kappa shape index (κ1) is 14.0. The molecule has 0 heterocycles. The van der Waals surface area contributed by atoms with E-state index in [4.69, 9.17) is 5.73 Å². The van der Waals surface area contributed by atoms with Crippen LogP contribution in [-0.2, 0) is 16.0 Å². The van der Waals surface area contributed by atoms with Gasteiger partial charge < -0.3 is 16.2 Å². The zero-order valence-corrected chi connectivity index (χ0v) is 10.6. The Morgan fingerprint density at radius 3 is 2.61 bits per heavy atom. The second kappa shape index (κ2) is 5.53. The molecule has 5 nitrogen and oxygen atoms in total. The SMILES string of the molecule is CC(C)(CNC(=O)Cc1cccc(O)c1)C(N)=O. The Hall–Kier alpha value is -2.04. The van der Waals surface area contributed by atoms with Gasteiger partial charge in [-0.15, -0.1) is 0 Å². The predicted molar refractivity (Wildman–Crippen MR) is 67.8 cm³/mol. The normalized spacial score (nSPS) is 11.0. The maximum atomic E-state index is 11.6. The summed E-state index contributed by atoms with van der Waals surface area (Å²) in [6, 6.07) is 6.49. The minimum Gasteiger partial charge on any atom is -0.508 e. The summed E-state index contributed by atoms with van der Waals surface area (Å²) in [6.07, 6.45) is 0.156. The van der Waals surface area contributed by atoms with Crippen molar-refractivity contribution in [2.24, 2.45) is 11.1 Å². The molecule has 1 aromatic rings. The van der Waals surface area contributed by atoms with Gasteiger partial charge in [-0.3, -0.25) is 9.59 Å². The summed E-state index contributed by atoms with van der Waals surface area (Å²) >= 11 is 0. The summed E-state index contributed by atoms with van der Waals surface area (Å²) in [6.45, 7) is 3.54. The van der Waals surface area contributed by atoms with Crippen LogP contribution in [0.15, 0.2) is 24.3 Å². The molecule has 0 fully saturated rings. The number of carbonyl (C=O) groups is 2. The molecule has 0 aromatic heterocycles. The van der Waals surface area contributed by atoms with Gasteiger partial charge in [-0.1, -0.05) is 12.1 Å². The van der Waals surface area contributed by atoms with Crippen molar-refractivity contribution in [3.8, 4) is 5.75 Å². The monoisotopic (exact) mass is 250 g/mol. The molecular weight excluding hydrogens is 232 g/mol. The molecule has 0 aliphatic carbocycles. The second-order valence-electron chi connectivity index (χ2n) is 4.87. The molecule has 2 amide bonds. The number of benzene rings is 1. The molecule has 4 N–H and O–H groups in total. The van der Waals surface area contributed by atoms with Crippen LogP contribution in [0.3, 0.4) is 0 Å². The van der Waals surface area contributed by atoms with Crippen LogP contribution in [0.1, 0.15) is 19.4 Å². The molecule has 0 spiro atoms. The molecule has 0 aliphatic rings. The molecule has 1 aromatic carbocycles. The van der Waals surface area contributed by atoms with Crippen molar-refractivity contribution in [1.29, 1.82) is 0 Å². The lowest BCUT2D eigenvalue weighted by Gasteiger charge is -2.20. The molecule has 0 saturated heterocycles. The summed E-state index contributed by atoms with van der Waals surface area (Å²) in [5.41, 5.74) is 5.15. The fourth-order valence-electron chi connectivity index (χ4n) is 1.32. The van der Waals surface area contributed by atoms with Crippen LogP contribution in [0, 0.1) is 5.41 Å². The van der Waals surface area contributed by atoms with Crippen molar-refractivity contribution in [1.82, 2.24) is 5.32 Å². The topological polar surface area (TPSA) is 92.4 Å². The third kappa shape index (κ3) is 4.08. The van der Waals surface area contributed by atoms with Gasteiger partial charge in [0, 0.05) is 6.54 Å². The highest BCUT2D eigenvalue weighted by molar-refractivity contribution is 5.82. The third-order valence-electron chi connectivity index (χ3n) is 2.67. The van der Waals surface area contributed by atoms with Gasteiger partial charge >= 0.3 is 0 Å². The van der Waals surface area contributed by atoms with Crippen molar-refractivity contribution < 1.29 is 14.7 Å². The summed E-state index contributed by atoms with van der Waals surface area (Å²) in [4.78, 5) is 22.7. The quantitative estimate of drug-likeness (QED) is 0.713. The van der Waals surface area contributed by atoms with Crippen LogP contribution in [-0.4, -0.2) is 23.5 Å². The van der Waals surface area contributed by atoms with Crippen LogP contribution in [0.4, 0.5) is 0 Å². The summed E-state index contributed by atoms with van der Waals surface area (Å²) in [7, 11) is 0. The molecular formula is C13H18N2O3. The first-order chi connectivity index (χ1) is 8.31.